The van der Waals surface area contributed by atoms with Gasteiger partial charge in [-0.25, -0.2) is 0 Å². The molecule has 0 aliphatic carbocycles. The van der Waals surface area contributed by atoms with Crippen molar-refractivity contribution < 1.29 is 14.6 Å². The van der Waals surface area contributed by atoms with Crippen LogP contribution in [0.25, 0.3) is 0 Å². The number of benzene rings is 1. The number of hydrogen-bond acceptors (Lipinski definition) is 3. The van der Waals surface area contributed by atoms with Gasteiger partial charge in [0.2, 0.25) is 0 Å². The standard InChI is InChI=1S/C11H14O3/c1-8-3-2-4-9(5-8)11-13-7-10(6-12)14-11/h2-5,10-12H,6-7H2,1H3. The third kappa shape index (κ3) is 1.95. The van der Waals surface area contributed by atoms with Crippen molar-refractivity contribution in [1.82, 2.24) is 0 Å². The van der Waals surface area contributed by atoms with Crippen molar-refractivity contribution in [1.29, 1.82) is 0 Å². The molecule has 1 aromatic rings. The van der Waals surface area contributed by atoms with E-state index >= 15 is 0 Å². The topological polar surface area (TPSA) is 38.7 Å². The maximum atomic E-state index is 8.88. The van der Waals surface area contributed by atoms with Crippen molar-refractivity contribution in [3.8, 4) is 0 Å². The Morgan fingerprint density at radius 1 is 1.50 bits per heavy atom. The third-order valence-electron chi connectivity index (χ3n) is 2.27. The zero-order valence-electron chi connectivity index (χ0n) is 8.14. The molecule has 14 heavy (non-hydrogen) atoms. The van der Waals surface area contributed by atoms with Gasteiger partial charge in [-0.1, -0.05) is 29.8 Å². The second-order valence-corrected chi connectivity index (χ2v) is 3.52. The van der Waals surface area contributed by atoms with E-state index in [-0.39, 0.29) is 19.0 Å². The molecule has 3 heteroatoms. The summed E-state index contributed by atoms with van der Waals surface area (Å²) in [5, 5.41) is 8.88. The molecule has 0 radical (unpaired) electrons. The van der Waals surface area contributed by atoms with Gasteiger partial charge in [-0.05, 0) is 6.92 Å². The van der Waals surface area contributed by atoms with Crippen molar-refractivity contribution in [2.75, 3.05) is 13.2 Å². The molecule has 1 aliphatic rings. The molecule has 2 rings (SSSR count). The van der Waals surface area contributed by atoms with Gasteiger partial charge in [0.1, 0.15) is 6.10 Å². The fraction of sp³-hybridized carbons (Fsp3) is 0.455. The van der Waals surface area contributed by atoms with Crippen molar-refractivity contribution in [3.63, 3.8) is 0 Å². The molecule has 76 valence electrons. The highest BCUT2D eigenvalue weighted by Gasteiger charge is 2.26. The Bertz CT molecular complexity index is 311. The molecule has 1 fully saturated rings. The third-order valence-corrected chi connectivity index (χ3v) is 2.27. The summed E-state index contributed by atoms with van der Waals surface area (Å²) in [4.78, 5) is 0. The van der Waals surface area contributed by atoms with Gasteiger partial charge in [-0.3, -0.25) is 0 Å². The van der Waals surface area contributed by atoms with Crippen LogP contribution in [0.2, 0.25) is 0 Å². The smallest absolute Gasteiger partial charge is 0.184 e. The molecule has 3 nitrogen and oxygen atoms in total. The van der Waals surface area contributed by atoms with Crippen molar-refractivity contribution in [2.45, 2.75) is 19.3 Å². The van der Waals surface area contributed by atoms with Crippen LogP contribution in [-0.4, -0.2) is 24.4 Å². The quantitative estimate of drug-likeness (QED) is 0.773. The molecule has 0 aromatic heterocycles. The van der Waals surface area contributed by atoms with Crippen LogP contribution in [0.5, 0.6) is 0 Å². The molecule has 1 heterocycles. The first-order chi connectivity index (χ1) is 6.79. The molecule has 1 aromatic carbocycles. The number of aryl methyl sites for hydroxylation is 1. The van der Waals surface area contributed by atoms with Gasteiger partial charge < -0.3 is 14.6 Å². The average Bonchev–Trinajstić information content (AvgIpc) is 2.66. The number of aliphatic hydroxyl groups excluding tert-OH is 1. The summed E-state index contributed by atoms with van der Waals surface area (Å²) in [6, 6.07) is 8.01. The van der Waals surface area contributed by atoms with Crippen LogP contribution in [0.1, 0.15) is 17.4 Å². The monoisotopic (exact) mass is 194 g/mol. The average molecular weight is 194 g/mol. The SMILES string of the molecule is Cc1cccc(C2OCC(CO)O2)c1. The van der Waals surface area contributed by atoms with Gasteiger partial charge >= 0.3 is 0 Å². The van der Waals surface area contributed by atoms with Gasteiger partial charge in [0.05, 0.1) is 13.2 Å². The maximum absolute atomic E-state index is 8.88. The largest absolute Gasteiger partial charge is 0.394 e. The van der Waals surface area contributed by atoms with E-state index in [1.807, 2.05) is 31.2 Å². The predicted octanol–water partition coefficient (Wildman–Crippen LogP) is 1.40. The van der Waals surface area contributed by atoms with Crippen LogP contribution in [0.3, 0.4) is 0 Å². The van der Waals surface area contributed by atoms with Gasteiger partial charge in [0, 0.05) is 5.56 Å². The van der Waals surface area contributed by atoms with Crippen molar-refractivity contribution in [3.05, 3.63) is 35.4 Å². The lowest BCUT2D eigenvalue weighted by Gasteiger charge is -2.10. The molecule has 1 aliphatic heterocycles. The molecule has 0 bridgehead atoms. The second kappa shape index (κ2) is 4.09. The summed E-state index contributed by atoms with van der Waals surface area (Å²) in [5.41, 5.74) is 2.20. The molecule has 0 amide bonds. The van der Waals surface area contributed by atoms with E-state index in [0.717, 1.165) is 5.56 Å². The van der Waals surface area contributed by atoms with Crippen molar-refractivity contribution in [2.24, 2.45) is 0 Å². The van der Waals surface area contributed by atoms with E-state index in [4.69, 9.17) is 14.6 Å². The number of hydrogen-bond donors (Lipinski definition) is 1. The van der Waals surface area contributed by atoms with Gasteiger partial charge in [-0.15, -0.1) is 0 Å². The first-order valence-electron chi connectivity index (χ1n) is 4.74. The van der Waals surface area contributed by atoms with E-state index in [1.165, 1.54) is 5.56 Å². The first-order valence-corrected chi connectivity index (χ1v) is 4.74. The molecule has 2 unspecified atom stereocenters. The van der Waals surface area contributed by atoms with E-state index in [1.54, 1.807) is 0 Å². The van der Waals surface area contributed by atoms with Gasteiger partial charge in [0.25, 0.3) is 0 Å². The minimum absolute atomic E-state index is 0.0162. The molecule has 1 N–H and O–H groups in total. The molecule has 0 spiro atoms. The maximum Gasteiger partial charge on any atom is 0.184 e. The Balaban J connectivity index is 2.09. The highest BCUT2D eigenvalue weighted by molar-refractivity contribution is 5.23. The highest BCUT2D eigenvalue weighted by Crippen LogP contribution is 2.26. The van der Waals surface area contributed by atoms with Crippen LogP contribution < -0.4 is 0 Å². The fourth-order valence-corrected chi connectivity index (χ4v) is 1.54. The van der Waals surface area contributed by atoms with E-state index < -0.39 is 0 Å². The van der Waals surface area contributed by atoms with Crippen molar-refractivity contribution >= 4 is 0 Å². The minimum atomic E-state index is -0.313. The lowest BCUT2D eigenvalue weighted by atomic mass is 10.1. The summed E-state index contributed by atoms with van der Waals surface area (Å²) in [5.74, 6) is 0. The van der Waals surface area contributed by atoms with E-state index in [9.17, 15) is 0 Å². The van der Waals surface area contributed by atoms with E-state index in [0.29, 0.717) is 6.61 Å². The molecule has 2 atom stereocenters. The Morgan fingerprint density at radius 3 is 3.00 bits per heavy atom. The number of ether oxygens (including phenoxy) is 2. The summed E-state index contributed by atoms with van der Waals surface area (Å²) in [7, 11) is 0. The minimum Gasteiger partial charge on any atom is -0.394 e. The zero-order chi connectivity index (χ0) is 9.97. The Labute approximate surface area is 83.3 Å². The Morgan fingerprint density at radius 2 is 2.36 bits per heavy atom. The lowest BCUT2D eigenvalue weighted by molar-refractivity contribution is -0.0676. The Kier molecular flexibility index (Phi) is 2.82. The molecule has 1 saturated heterocycles. The van der Waals surface area contributed by atoms with Crippen LogP contribution in [0.4, 0.5) is 0 Å². The van der Waals surface area contributed by atoms with Crippen LogP contribution in [0, 0.1) is 6.92 Å². The normalized spacial score (nSPS) is 26.7. The number of rotatable bonds is 2. The van der Waals surface area contributed by atoms with Crippen LogP contribution in [0.15, 0.2) is 24.3 Å². The summed E-state index contributed by atoms with van der Waals surface area (Å²) in [6.07, 6.45) is -0.493. The Hall–Kier alpha value is -0.900. The molecular formula is C11H14O3. The van der Waals surface area contributed by atoms with E-state index in [2.05, 4.69) is 0 Å². The summed E-state index contributed by atoms with van der Waals surface area (Å²) in [6.45, 7) is 2.51. The van der Waals surface area contributed by atoms with Crippen LogP contribution in [-0.2, 0) is 9.47 Å². The zero-order valence-corrected chi connectivity index (χ0v) is 8.14. The molecule has 0 saturated carbocycles. The summed E-state index contributed by atoms with van der Waals surface area (Å²) >= 11 is 0. The molecular weight excluding hydrogens is 180 g/mol. The predicted molar refractivity (Wildman–Crippen MR) is 51.8 cm³/mol. The summed E-state index contributed by atoms with van der Waals surface area (Å²) < 4.78 is 10.9. The van der Waals surface area contributed by atoms with Gasteiger partial charge in [0.15, 0.2) is 6.29 Å². The van der Waals surface area contributed by atoms with Gasteiger partial charge in [-0.2, -0.15) is 0 Å². The lowest BCUT2D eigenvalue weighted by Crippen LogP contribution is -2.14. The first kappa shape index (κ1) is 9.65. The highest BCUT2D eigenvalue weighted by atomic mass is 16.7. The second-order valence-electron chi connectivity index (χ2n) is 3.52. The number of aliphatic hydroxyl groups is 1. The fourth-order valence-electron chi connectivity index (χ4n) is 1.54. The van der Waals surface area contributed by atoms with Crippen LogP contribution >= 0.6 is 0 Å².